The van der Waals surface area contributed by atoms with Crippen LogP contribution in [0.5, 0.6) is 5.75 Å². The standard InChI is InChI=1S/C13H17FN2O/c14-10-1-2-13-9(5-10)6-12(17-13)7-11-8-15-3-4-16-11/h1-2,5,11-12,15-16H,3-4,6-8H2. The first-order valence-electron chi connectivity index (χ1n) is 6.20. The summed E-state index contributed by atoms with van der Waals surface area (Å²) in [6, 6.07) is 5.24. The van der Waals surface area contributed by atoms with Gasteiger partial charge < -0.3 is 15.4 Å². The number of piperazine rings is 1. The lowest BCUT2D eigenvalue weighted by atomic mass is 10.0. The first-order valence-corrected chi connectivity index (χ1v) is 6.20. The van der Waals surface area contributed by atoms with Crippen molar-refractivity contribution < 1.29 is 9.13 Å². The fourth-order valence-electron chi connectivity index (χ4n) is 2.62. The van der Waals surface area contributed by atoms with Crippen LogP contribution >= 0.6 is 0 Å². The molecule has 0 saturated carbocycles. The van der Waals surface area contributed by atoms with Crippen LogP contribution in [0.4, 0.5) is 4.39 Å². The summed E-state index contributed by atoms with van der Waals surface area (Å²) in [6.07, 6.45) is 1.98. The maximum atomic E-state index is 13.1. The Hall–Kier alpha value is -1.13. The fourth-order valence-corrected chi connectivity index (χ4v) is 2.62. The summed E-state index contributed by atoms with van der Waals surface area (Å²) in [7, 11) is 0. The summed E-state index contributed by atoms with van der Waals surface area (Å²) in [6.45, 7) is 3.04. The largest absolute Gasteiger partial charge is 0.490 e. The number of hydrogen-bond donors (Lipinski definition) is 2. The molecule has 3 rings (SSSR count). The molecule has 2 aliphatic heterocycles. The van der Waals surface area contributed by atoms with Gasteiger partial charge in [-0.25, -0.2) is 4.39 Å². The molecule has 0 bridgehead atoms. The molecule has 92 valence electrons. The van der Waals surface area contributed by atoms with Gasteiger partial charge in [0, 0.05) is 44.1 Å². The summed E-state index contributed by atoms with van der Waals surface area (Å²) in [5.41, 5.74) is 0.999. The van der Waals surface area contributed by atoms with E-state index in [1.807, 2.05) is 0 Å². The van der Waals surface area contributed by atoms with Gasteiger partial charge in [0.05, 0.1) is 0 Å². The van der Waals surface area contributed by atoms with Gasteiger partial charge in [-0.05, 0) is 18.2 Å². The summed E-state index contributed by atoms with van der Waals surface area (Å²) < 4.78 is 18.9. The normalized spacial score (nSPS) is 27.6. The van der Waals surface area contributed by atoms with Crippen molar-refractivity contribution in [1.82, 2.24) is 10.6 Å². The van der Waals surface area contributed by atoms with Gasteiger partial charge in [0.2, 0.25) is 0 Å². The minimum Gasteiger partial charge on any atom is -0.490 e. The first kappa shape index (κ1) is 11.0. The summed E-state index contributed by atoms with van der Waals surface area (Å²) >= 11 is 0. The highest BCUT2D eigenvalue weighted by atomic mass is 19.1. The minimum absolute atomic E-state index is 0.176. The molecule has 1 saturated heterocycles. The van der Waals surface area contributed by atoms with Gasteiger partial charge in [0.25, 0.3) is 0 Å². The van der Waals surface area contributed by atoms with Crippen molar-refractivity contribution in [3.8, 4) is 5.75 Å². The zero-order chi connectivity index (χ0) is 11.7. The van der Waals surface area contributed by atoms with E-state index < -0.39 is 0 Å². The van der Waals surface area contributed by atoms with Crippen molar-refractivity contribution in [3.63, 3.8) is 0 Å². The zero-order valence-electron chi connectivity index (χ0n) is 9.71. The third-order valence-electron chi connectivity index (χ3n) is 3.44. The summed E-state index contributed by atoms with van der Waals surface area (Å²) in [4.78, 5) is 0. The monoisotopic (exact) mass is 236 g/mol. The predicted molar refractivity (Wildman–Crippen MR) is 63.8 cm³/mol. The van der Waals surface area contributed by atoms with Crippen LogP contribution in [-0.4, -0.2) is 31.8 Å². The van der Waals surface area contributed by atoms with Gasteiger partial charge in [-0.15, -0.1) is 0 Å². The van der Waals surface area contributed by atoms with Crippen LogP contribution in [0.1, 0.15) is 12.0 Å². The van der Waals surface area contributed by atoms with E-state index in [0.717, 1.165) is 43.8 Å². The molecular formula is C13H17FN2O. The summed E-state index contributed by atoms with van der Waals surface area (Å²) in [5.74, 6) is 0.672. The lowest BCUT2D eigenvalue weighted by Gasteiger charge is -2.26. The number of rotatable bonds is 2. The van der Waals surface area contributed by atoms with Crippen LogP contribution in [0.2, 0.25) is 0 Å². The Bertz CT molecular complexity index is 404. The van der Waals surface area contributed by atoms with E-state index in [1.165, 1.54) is 6.07 Å². The third kappa shape index (κ3) is 2.42. The average molecular weight is 236 g/mol. The molecule has 1 aromatic rings. The second-order valence-electron chi connectivity index (χ2n) is 4.79. The predicted octanol–water partition coefficient (Wildman–Crippen LogP) is 1.08. The highest BCUT2D eigenvalue weighted by Gasteiger charge is 2.26. The number of nitrogens with one attached hydrogen (secondary N) is 2. The van der Waals surface area contributed by atoms with Crippen molar-refractivity contribution >= 4 is 0 Å². The Kier molecular flexibility index (Phi) is 2.99. The van der Waals surface area contributed by atoms with E-state index in [1.54, 1.807) is 12.1 Å². The number of halogens is 1. The molecule has 1 aromatic carbocycles. The molecule has 1 fully saturated rings. The van der Waals surface area contributed by atoms with E-state index in [4.69, 9.17) is 4.74 Å². The number of hydrogen-bond acceptors (Lipinski definition) is 3. The Morgan fingerprint density at radius 3 is 3.12 bits per heavy atom. The summed E-state index contributed by atoms with van der Waals surface area (Å²) in [5, 5.41) is 6.83. The number of benzene rings is 1. The molecular weight excluding hydrogens is 219 g/mol. The quantitative estimate of drug-likeness (QED) is 0.806. The topological polar surface area (TPSA) is 33.3 Å². The van der Waals surface area contributed by atoms with E-state index >= 15 is 0 Å². The van der Waals surface area contributed by atoms with Crippen LogP contribution in [-0.2, 0) is 6.42 Å². The molecule has 4 heteroatoms. The van der Waals surface area contributed by atoms with Crippen LogP contribution < -0.4 is 15.4 Å². The van der Waals surface area contributed by atoms with Gasteiger partial charge >= 0.3 is 0 Å². The maximum Gasteiger partial charge on any atom is 0.123 e. The molecule has 0 aliphatic carbocycles. The molecule has 2 atom stereocenters. The minimum atomic E-state index is -0.176. The smallest absolute Gasteiger partial charge is 0.123 e. The van der Waals surface area contributed by atoms with Crippen LogP contribution in [0, 0.1) is 5.82 Å². The Balaban J connectivity index is 1.61. The lowest BCUT2D eigenvalue weighted by molar-refractivity contribution is 0.195. The van der Waals surface area contributed by atoms with Crippen LogP contribution in [0.15, 0.2) is 18.2 Å². The van der Waals surface area contributed by atoms with E-state index in [9.17, 15) is 4.39 Å². The van der Waals surface area contributed by atoms with Gasteiger partial charge in [-0.2, -0.15) is 0 Å². The Morgan fingerprint density at radius 2 is 2.29 bits per heavy atom. The maximum absolute atomic E-state index is 13.1. The van der Waals surface area contributed by atoms with Crippen molar-refractivity contribution in [2.24, 2.45) is 0 Å². The van der Waals surface area contributed by atoms with Crippen molar-refractivity contribution in [2.45, 2.75) is 25.0 Å². The number of fused-ring (bicyclic) bond motifs is 1. The molecule has 17 heavy (non-hydrogen) atoms. The number of ether oxygens (including phenoxy) is 1. The zero-order valence-corrected chi connectivity index (χ0v) is 9.71. The van der Waals surface area contributed by atoms with Crippen LogP contribution in [0.25, 0.3) is 0 Å². The van der Waals surface area contributed by atoms with E-state index in [2.05, 4.69) is 10.6 Å². The Labute approximate surface area is 100 Å². The molecule has 2 aliphatic rings. The van der Waals surface area contributed by atoms with Gasteiger partial charge in [0.1, 0.15) is 17.7 Å². The average Bonchev–Trinajstić information content (AvgIpc) is 2.71. The third-order valence-corrected chi connectivity index (χ3v) is 3.44. The molecule has 0 spiro atoms. The molecule has 0 amide bonds. The van der Waals surface area contributed by atoms with Gasteiger partial charge in [-0.3, -0.25) is 0 Å². The van der Waals surface area contributed by atoms with Gasteiger partial charge in [0.15, 0.2) is 0 Å². The van der Waals surface area contributed by atoms with Gasteiger partial charge in [-0.1, -0.05) is 0 Å². The second kappa shape index (κ2) is 4.63. The SMILES string of the molecule is Fc1ccc2c(c1)CC(CC1CNCCN1)O2. The highest BCUT2D eigenvalue weighted by molar-refractivity contribution is 5.37. The van der Waals surface area contributed by atoms with Crippen molar-refractivity contribution in [1.29, 1.82) is 0 Å². The second-order valence-corrected chi connectivity index (χ2v) is 4.79. The van der Waals surface area contributed by atoms with Crippen molar-refractivity contribution in [3.05, 3.63) is 29.6 Å². The molecule has 2 heterocycles. The van der Waals surface area contributed by atoms with E-state index in [0.29, 0.717) is 6.04 Å². The van der Waals surface area contributed by atoms with E-state index in [-0.39, 0.29) is 11.9 Å². The Morgan fingerprint density at radius 1 is 1.35 bits per heavy atom. The molecule has 2 N–H and O–H groups in total. The first-order chi connectivity index (χ1) is 8.31. The molecule has 0 aromatic heterocycles. The fraction of sp³-hybridized carbons (Fsp3) is 0.538. The van der Waals surface area contributed by atoms with Crippen LogP contribution in [0.3, 0.4) is 0 Å². The van der Waals surface area contributed by atoms with Crippen molar-refractivity contribution in [2.75, 3.05) is 19.6 Å². The molecule has 3 nitrogen and oxygen atoms in total. The molecule has 2 unspecified atom stereocenters. The lowest BCUT2D eigenvalue weighted by Crippen LogP contribution is -2.49. The highest BCUT2D eigenvalue weighted by Crippen LogP contribution is 2.30. The molecule has 0 radical (unpaired) electrons.